The van der Waals surface area contributed by atoms with Crippen molar-refractivity contribution in [1.82, 2.24) is 0 Å². The Morgan fingerprint density at radius 2 is 1.83 bits per heavy atom. The predicted molar refractivity (Wildman–Crippen MR) is 88.6 cm³/mol. The highest BCUT2D eigenvalue weighted by molar-refractivity contribution is 14.1. The SMILES string of the molecule is CCCC1(CCC)CN(c2ccc(Cl)cc2I)C1. The van der Waals surface area contributed by atoms with Crippen LogP contribution < -0.4 is 4.90 Å². The van der Waals surface area contributed by atoms with Gasteiger partial charge in [0.2, 0.25) is 0 Å². The van der Waals surface area contributed by atoms with Crippen molar-refractivity contribution >= 4 is 39.9 Å². The number of benzene rings is 1. The van der Waals surface area contributed by atoms with Gasteiger partial charge in [-0.3, -0.25) is 0 Å². The van der Waals surface area contributed by atoms with Crippen LogP contribution in [0.2, 0.25) is 5.02 Å². The van der Waals surface area contributed by atoms with Crippen molar-refractivity contribution in [2.75, 3.05) is 18.0 Å². The Bertz CT molecular complexity index is 405. The Hall–Kier alpha value is 0.0400. The molecule has 0 saturated carbocycles. The van der Waals surface area contributed by atoms with Crippen LogP contribution in [-0.2, 0) is 0 Å². The van der Waals surface area contributed by atoms with Gasteiger partial charge in [-0.25, -0.2) is 0 Å². The summed E-state index contributed by atoms with van der Waals surface area (Å²) in [6.45, 7) is 7.02. The Labute approximate surface area is 129 Å². The molecule has 0 radical (unpaired) electrons. The van der Waals surface area contributed by atoms with Crippen molar-refractivity contribution in [3.05, 3.63) is 26.8 Å². The quantitative estimate of drug-likeness (QED) is 0.625. The molecular formula is C15H21ClIN. The number of hydrogen-bond donors (Lipinski definition) is 0. The summed E-state index contributed by atoms with van der Waals surface area (Å²) in [6.07, 6.45) is 5.32. The number of nitrogens with zero attached hydrogens (tertiary/aromatic N) is 1. The third kappa shape index (κ3) is 2.96. The Balaban J connectivity index is 2.06. The minimum atomic E-state index is 0.576. The summed E-state index contributed by atoms with van der Waals surface area (Å²) in [4.78, 5) is 2.50. The van der Waals surface area contributed by atoms with Crippen molar-refractivity contribution in [2.45, 2.75) is 39.5 Å². The van der Waals surface area contributed by atoms with Gasteiger partial charge in [-0.15, -0.1) is 0 Å². The first kappa shape index (κ1) is 14.4. The van der Waals surface area contributed by atoms with Crippen LogP contribution in [0.5, 0.6) is 0 Å². The second kappa shape index (κ2) is 6.00. The van der Waals surface area contributed by atoms with Crippen LogP contribution in [0.4, 0.5) is 5.69 Å². The topological polar surface area (TPSA) is 3.24 Å². The molecule has 0 spiro atoms. The molecule has 3 heteroatoms. The van der Waals surface area contributed by atoms with Crippen LogP contribution in [0.3, 0.4) is 0 Å². The van der Waals surface area contributed by atoms with Gasteiger partial charge < -0.3 is 4.90 Å². The standard InChI is InChI=1S/C15H21ClIN/c1-3-7-15(8-4-2)10-18(11-15)14-6-5-12(16)9-13(14)17/h5-6,9H,3-4,7-8,10-11H2,1-2H3. The first-order chi connectivity index (χ1) is 8.60. The molecule has 0 aromatic heterocycles. The molecule has 0 atom stereocenters. The minimum absolute atomic E-state index is 0.576. The lowest BCUT2D eigenvalue weighted by molar-refractivity contribution is 0.173. The molecular weight excluding hydrogens is 357 g/mol. The first-order valence-corrected chi connectivity index (χ1v) is 8.26. The van der Waals surface area contributed by atoms with E-state index < -0.39 is 0 Å². The second-order valence-electron chi connectivity index (χ2n) is 5.45. The monoisotopic (exact) mass is 377 g/mol. The molecule has 1 heterocycles. The molecule has 100 valence electrons. The van der Waals surface area contributed by atoms with E-state index >= 15 is 0 Å². The van der Waals surface area contributed by atoms with Gasteiger partial charge in [0.25, 0.3) is 0 Å². The number of halogens is 2. The van der Waals surface area contributed by atoms with E-state index in [-0.39, 0.29) is 0 Å². The van der Waals surface area contributed by atoms with E-state index in [1.165, 1.54) is 48.0 Å². The molecule has 2 rings (SSSR count). The molecule has 1 aliphatic rings. The fourth-order valence-electron chi connectivity index (χ4n) is 3.17. The highest BCUT2D eigenvalue weighted by Gasteiger charge is 2.41. The third-order valence-corrected chi connectivity index (χ3v) is 4.96. The van der Waals surface area contributed by atoms with Gasteiger partial charge in [0.15, 0.2) is 0 Å². The van der Waals surface area contributed by atoms with Gasteiger partial charge in [-0.1, -0.05) is 38.3 Å². The van der Waals surface area contributed by atoms with Crippen molar-refractivity contribution in [2.24, 2.45) is 5.41 Å². The fourth-order valence-corrected chi connectivity index (χ4v) is 4.39. The molecule has 1 aliphatic heterocycles. The molecule has 1 nitrogen and oxygen atoms in total. The van der Waals surface area contributed by atoms with Crippen molar-refractivity contribution in [1.29, 1.82) is 0 Å². The van der Waals surface area contributed by atoms with E-state index in [0.29, 0.717) is 5.41 Å². The van der Waals surface area contributed by atoms with Crippen LogP contribution in [0, 0.1) is 8.99 Å². The molecule has 0 bridgehead atoms. The van der Waals surface area contributed by atoms with Crippen LogP contribution in [0.25, 0.3) is 0 Å². The lowest BCUT2D eigenvalue weighted by Crippen LogP contribution is -2.56. The highest BCUT2D eigenvalue weighted by atomic mass is 127. The number of rotatable bonds is 5. The zero-order valence-corrected chi connectivity index (χ0v) is 14.1. The smallest absolute Gasteiger partial charge is 0.0503 e. The summed E-state index contributed by atoms with van der Waals surface area (Å²) < 4.78 is 1.27. The Kier molecular flexibility index (Phi) is 4.81. The molecule has 0 unspecified atom stereocenters. The third-order valence-electron chi connectivity index (χ3n) is 3.86. The summed E-state index contributed by atoms with van der Waals surface area (Å²) >= 11 is 8.40. The van der Waals surface area contributed by atoms with Gasteiger partial charge in [-0.05, 0) is 53.6 Å². The van der Waals surface area contributed by atoms with Crippen molar-refractivity contribution in [3.63, 3.8) is 0 Å². The summed E-state index contributed by atoms with van der Waals surface area (Å²) in [6, 6.07) is 6.21. The zero-order valence-electron chi connectivity index (χ0n) is 11.2. The number of hydrogen-bond acceptors (Lipinski definition) is 1. The van der Waals surface area contributed by atoms with E-state index in [4.69, 9.17) is 11.6 Å². The van der Waals surface area contributed by atoms with Crippen LogP contribution in [0.15, 0.2) is 18.2 Å². The zero-order chi connectivity index (χ0) is 13.2. The summed E-state index contributed by atoms with van der Waals surface area (Å²) in [5, 5.41) is 0.831. The van der Waals surface area contributed by atoms with Gasteiger partial charge in [0.05, 0.1) is 5.69 Å². The van der Waals surface area contributed by atoms with Gasteiger partial charge in [0, 0.05) is 27.1 Å². The van der Waals surface area contributed by atoms with Gasteiger partial charge in [0.1, 0.15) is 0 Å². The summed E-state index contributed by atoms with van der Waals surface area (Å²) in [5.41, 5.74) is 1.93. The van der Waals surface area contributed by atoms with Gasteiger partial charge in [-0.2, -0.15) is 0 Å². The lowest BCUT2D eigenvalue weighted by Gasteiger charge is -2.52. The fraction of sp³-hybridized carbons (Fsp3) is 0.600. The second-order valence-corrected chi connectivity index (χ2v) is 7.05. The normalized spacial score (nSPS) is 17.7. The maximum absolute atomic E-state index is 6.02. The largest absolute Gasteiger partial charge is 0.369 e. The van der Waals surface area contributed by atoms with Crippen LogP contribution in [0.1, 0.15) is 39.5 Å². The highest BCUT2D eigenvalue weighted by Crippen LogP contribution is 2.43. The Morgan fingerprint density at radius 1 is 1.22 bits per heavy atom. The maximum Gasteiger partial charge on any atom is 0.0503 e. The number of anilines is 1. The molecule has 1 fully saturated rings. The minimum Gasteiger partial charge on any atom is -0.369 e. The molecule has 1 aromatic rings. The molecule has 18 heavy (non-hydrogen) atoms. The Morgan fingerprint density at radius 3 is 2.33 bits per heavy atom. The molecule has 1 saturated heterocycles. The molecule has 1 aromatic carbocycles. The van der Waals surface area contributed by atoms with E-state index in [1.807, 2.05) is 6.07 Å². The van der Waals surface area contributed by atoms with E-state index in [0.717, 1.165) is 5.02 Å². The lowest BCUT2D eigenvalue weighted by atomic mass is 9.72. The van der Waals surface area contributed by atoms with E-state index in [1.54, 1.807) is 0 Å². The van der Waals surface area contributed by atoms with Crippen LogP contribution in [-0.4, -0.2) is 13.1 Å². The van der Waals surface area contributed by atoms with Gasteiger partial charge >= 0.3 is 0 Å². The van der Waals surface area contributed by atoms with Crippen molar-refractivity contribution in [3.8, 4) is 0 Å². The summed E-state index contributed by atoms with van der Waals surface area (Å²) in [7, 11) is 0. The van der Waals surface area contributed by atoms with E-state index in [9.17, 15) is 0 Å². The molecule has 0 amide bonds. The first-order valence-electron chi connectivity index (χ1n) is 6.80. The molecule has 0 aliphatic carbocycles. The maximum atomic E-state index is 6.02. The van der Waals surface area contributed by atoms with E-state index in [2.05, 4.69) is 53.5 Å². The molecule has 0 N–H and O–H groups in total. The average Bonchev–Trinajstić information content (AvgIpc) is 2.26. The average molecular weight is 378 g/mol. The van der Waals surface area contributed by atoms with Crippen molar-refractivity contribution < 1.29 is 0 Å². The van der Waals surface area contributed by atoms with Crippen LogP contribution >= 0.6 is 34.2 Å². The summed E-state index contributed by atoms with van der Waals surface area (Å²) in [5.74, 6) is 0. The predicted octanol–water partition coefficient (Wildman–Crippen LogP) is 5.35.